The molecule has 0 N–H and O–H groups in total. The van der Waals surface area contributed by atoms with E-state index in [2.05, 4.69) is 24.8 Å². The van der Waals surface area contributed by atoms with Gasteiger partial charge >= 0.3 is 0 Å². The first-order chi connectivity index (χ1) is 12.7. The predicted octanol–water partition coefficient (Wildman–Crippen LogP) is 4.30. The highest BCUT2D eigenvalue weighted by Crippen LogP contribution is 2.31. The molecule has 0 unspecified atom stereocenters. The van der Waals surface area contributed by atoms with Gasteiger partial charge < -0.3 is 9.64 Å². The number of aromatic nitrogens is 4. The van der Waals surface area contributed by atoms with Crippen LogP contribution in [0.1, 0.15) is 24.8 Å². The lowest BCUT2D eigenvalue weighted by Gasteiger charge is -2.28. The minimum atomic E-state index is 0.102. The molecule has 0 radical (unpaired) electrons. The van der Waals surface area contributed by atoms with Gasteiger partial charge in [-0.25, -0.2) is 9.97 Å². The number of hydrogen-bond acceptors (Lipinski definition) is 6. The fourth-order valence-corrected chi connectivity index (χ4v) is 3.40. The van der Waals surface area contributed by atoms with Crippen LogP contribution < -0.4 is 9.64 Å². The molecule has 1 fully saturated rings. The Hall–Kier alpha value is -2.18. The summed E-state index contributed by atoms with van der Waals surface area (Å²) in [5.41, 5.74) is 2.07. The second kappa shape index (κ2) is 7.60. The van der Waals surface area contributed by atoms with Crippen molar-refractivity contribution in [3.8, 4) is 5.88 Å². The van der Waals surface area contributed by atoms with Gasteiger partial charge in [0.25, 0.3) is 0 Å². The van der Waals surface area contributed by atoms with E-state index in [-0.39, 0.29) is 10.6 Å². The number of anilines is 1. The molecule has 6 nitrogen and oxygen atoms in total. The van der Waals surface area contributed by atoms with Crippen LogP contribution in [0.4, 0.5) is 5.82 Å². The third-order valence-electron chi connectivity index (χ3n) is 4.31. The van der Waals surface area contributed by atoms with Crippen molar-refractivity contribution >= 4 is 40.1 Å². The number of benzene rings is 1. The van der Waals surface area contributed by atoms with Gasteiger partial charge in [-0.2, -0.15) is 9.97 Å². The van der Waals surface area contributed by atoms with E-state index >= 15 is 0 Å². The van der Waals surface area contributed by atoms with Crippen molar-refractivity contribution in [3.63, 3.8) is 0 Å². The second-order valence-corrected chi connectivity index (χ2v) is 6.81. The number of ether oxygens (including phenoxy) is 1. The topological polar surface area (TPSA) is 64.0 Å². The maximum Gasteiger partial charge on any atom is 0.245 e. The molecular formula is C18H17Cl2N5O. The fourth-order valence-electron chi connectivity index (χ4n) is 3.08. The van der Waals surface area contributed by atoms with Crippen LogP contribution in [-0.2, 0) is 6.61 Å². The van der Waals surface area contributed by atoms with Gasteiger partial charge in [0.15, 0.2) is 11.3 Å². The van der Waals surface area contributed by atoms with Crippen molar-refractivity contribution in [2.24, 2.45) is 0 Å². The lowest BCUT2D eigenvalue weighted by atomic mass is 10.1. The van der Waals surface area contributed by atoms with Crippen molar-refractivity contribution in [1.82, 2.24) is 19.9 Å². The molecule has 0 saturated carbocycles. The number of hydrogen-bond donors (Lipinski definition) is 0. The first-order valence-electron chi connectivity index (χ1n) is 8.53. The number of nitrogens with zero attached hydrogens (tertiary/aromatic N) is 5. The zero-order valence-electron chi connectivity index (χ0n) is 14.0. The number of rotatable bonds is 4. The minimum absolute atomic E-state index is 0.102. The molecule has 1 aliphatic rings. The zero-order valence-corrected chi connectivity index (χ0v) is 15.5. The number of halogens is 2. The standard InChI is InChI=1S/C18H17Cl2N5O/c19-17-22-14-13(15(23-17)25-9-5-2-6-10-25)21-18(20)24-16(14)26-11-12-7-3-1-4-8-12/h1,3-4,7-8H,2,5-6,9-11H2. The summed E-state index contributed by atoms with van der Waals surface area (Å²) >= 11 is 12.3. The van der Waals surface area contributed by atoms with E-state index in [4.69, 9.17) is 27.9 Å². The van der Waals surface area contributed by atoms with Crippen LogP contribution in [0.15, 0.2) is 30.3 Å². The highest BCUT2D eigenvalue weighted by atomic mass is 35.5. The molecule has 134 valence electrons. The van der Waals surface area contributed by atoms with Crippen molar-refractivity contribution in [1.29, 1.82) is 0 Å². The van der Waals surface area contributed by atoms with Gasteiger partial charge in [-0.1, -0.05) is 30.3 Å². The van der Waals surface area contributed by atoms with Gasteiger partial charge in [-0.15, -0.1) is 0 Å². The van der Waals surface area contributed by atoms with Crippen LogP contribution in [-0.4, -0.2) is 33.0 Å². The van der Waals surface area contributed by atoms with E-state index in [0.717, 1.165) is 31.5 Å². The summed E-state index contributed by atoms with van der Waals surface area (Å²) in [7, 11) is 0. The average Bonchev–Trinajstić information content (AvgIpc) is 2.67. The highest BCUT2D eigenvalue weighted by Gasteiger charge is 2.21. The molecule has 0 bridgehead atoms. The Kier molecular flexibility index (Phi) is 5.04. The lowest BCUT2D eigenvalue weighted by Crippen LogP contribution is -2.30. The maximum atomic E-state index is 6.18. The third-order valence-corrected chi connectivity index (χ3v) is 4.65. The largest absolute Gasteiger partial charge is 0.471 e. The third kappa shape index (κ3) is 3.66. The minimum Gasteiger partial charge on any atom is -0.471 e. The monoisotopic (exact) mass is 389 g/mol. The van der Waals surface area contributed by atoms with Gasteiger partial charge in [-0.05, 0) is 48.0 Å². The van der Waals surface area contributed by atoms with Crippen LogP contribution in [0.25, 0.3) is 11.0 Å². The Morgan fingerprint density at radius 3 is 2.31 bits per heavy atom. The molecule has 0 aliphatic carbocycles. The fraction of sp³-hybridized carbons (Fsp3) is 0.333. The summed E-state index contributed by atoms with van der Waals surface area (Å²) in [6.45, 7) is 2.17. The summed E-state index contributed by atoms with van der Waals surface area (Å²) in [4.78, 5) is 19.4. The summed E-state index contributed by atoms with van der Waals surface area (Å²) in [6, 6.07) is 9.82. The molecule has 0 spiro atoms. The van der Waals surface area contributed by atoms with Gasteiger partial charge in [0, 0.05) is 13.1 Å². The molecule has 1 aromatic carbocycles. The molecule has 3 heterocycles. The summed E-state index contributed by atoms with van der Waals surface area (Å²) < 4.78 is 5.88. The predicted molar refractivity (Wildman–Crippen MR) is 102 cm³/mol. The Morgan fingerprint density at radius 1 is 0.846 bits per heavy atom. The van der Waals surface area contributed by atoms with Crippen LogP contribution >= 0.6 is 23.2 Å². The Bertz CT molecular complexity index is 916. The highest BCUT2D eigenvalue weighted by molar-refractivity contribution is 6.29. The van der Waals surface area contributed by atoms with Crippen molar-refractivity contribution in [2.45, 2.75) is 25.9 Å². The van der Waals surface area contributed by atoms with E-state index in [9.17, 15) is 0 Å². The molecule has 2 aromatic heterocycles. The maximum absolute atomic E-state index is 6.18. The second-order valence-electron chi connectivity index (χ2n) is 6.13. The zero-order chi connectivity index (χ0) is 17.9. The normalized spacial score (nSPS) is 14.6. The van der Waals surface area contributed by atoms with Crippen LogP contribution in [0.3, 0.4) is 0 Å². The SMILES string of the molecule is Clc1nc(N2CCCCC2)c2nc(Cl)nc(OCc3ccccc3)c2n1. The van der Waals surface area contributed by atoms with Gasteiger partial charge in [0.05, 0.1) is 0 Å². The van der Waals surface area contributed by atoms with Crippen molar-refractivity contribution in [2.75, 3.05) is 18.0 Å². The number of fused-ring (bicyclic) bond motifs is 1. The Balaban J connectivity index is 1.74. The van der Waals surface area contributed by atoms with E-state index < -0.39 is 0 Å². The van der Waals surface area contributed by atoms with E-state index in [1.165, 1.54) is 6.42 Å². The molecule has 26 heavy (non-hydrogen) atoms. The molecule has 1 aliphatic heterocycles. The van der Waals surface area contributed by atoms with Gasteiger partial charge in [0.1, 0.15) is 12.1 Å². The summed E-state index contributed by atoms with van der Waals surface area (Å²) in [5, 5.41) is 0.248. The Labute approximate surface area is 161 Å². The lowest BCUT2D eigenvalue weighted by molar-refractivity contribution is 0.297. The van der Waals surface area contributed by atoms with E-state index in [1.54, 1.807) is 0 Å². The van der Waals surface area contributed by atoms with Crippen LogP contribution in [0.5, 0.6) is 5.88 Å². The summed E-state index contributed by atoms with van der Waals surface area (Å²) in [5.74, 6) is 1.000. The molecule has 4 rings (SSSR count). The van der Waals surface area contributed by atoms with Gasteiger partial charge in [-0.3, -0.25) is 0 Å². The van der Waals surface area contributed by atoms with Crippen molar-refractivity contribution < 1.29 is 4.74 Å². The first kappa shape index (κ1) is 17.2. The molecule has 1 saturated heterocycles. The van der Waals surface area contributed by atoms with Crippen LogP contribution in [0.2, 0.25) is 10.6 Å². The average molecular weight is 390 g/mol. The van der Waals surface area contributed by atoms with Crippen molar-refractivity contribution in [3.05, 3.63) is 46.5 Å². The molecule has 3 aromatic rings. The summed E-state index contributed by atoms with van der Waals surface area (Å²) in [6.07, 6.45) is 3.44. The first-order valence-corrected chi connectivity index (χ1v) is 9.29. The molecular weight excluding hydrogens is 373 g/mol. The smallest absolute Gasteiger partial charge is 0.245 e. The van der Waals surface area contributed by atoms with E-state index in [1.807, 2.05) is 30.3 Å². The quantitative estimate of drug-likeness (QED) is 0.619. The number of piperidine rings is 1. The molecule has 0 atom stereocenters. The molecule has 8 heteroatoms. The van der Waals surface area contributed by atoms with E-state index in [0.29, 0.717) is 29.3 Å². The van der Waals surface area contributed by atoms with Gasteiger partial charge in [0.2, 0.25) is 16.4 Å². The van der Waals surface area contributed by atoms with Crippen LogP contribution in [0, 0.1) is 0 Å². The molecule has 0 amide bonds. The Morgan fingerprint density at radius 2 is 1.54 bits per heavy atom.